The molecule has 0 aliphatic rings. The van der Waals surface area contributed by atoms with Crippen molar-refractivity contribution in [1.82, 2.24) is 9.55 Å². The summed E-state index contributed by atoms with van der Waals surface area (Å²) in [4.78, 5) is 3.90. The zero-order valence-electron chi connectivity index (χ0n) is 10.1. The molecule has 0 saturated heterocycles. The summed E-state index contributed by atoms with van der Waals surface area (Å²) in [5, 5.41) is 9.32. The first-order valence-electron chi connectivity index (χ1n) is 5.73. The van der Waals surface area contributed by atoms with Gasteiger partial charge < -0.3 is 14.4 Å². The number of imidazole rings is 1. The molecule has 18 heavy (non-hydrogen) atoms. The SMILES string of the molecule is C[C@H](O)c1ccc(OCCn2ccnc2)c(F)c1. The third kappa shape index (κ3) is 3.07. The van der Waals surface area contributed by atoms with Gasteiger partial charge in [0, 0.05) is 12.4 Å². The van der Waals surface area contributed by atoms with E-state index in [1.807, 2.05) is 10.8 Å². The predicted octanol–water partition coefficient (Wildman–Crippen LogP) is 2.15. The van der Waals surface area contributed by atoms with Crippen LogP contribution < -0.4 is 4.74 Å². The second-order valence-corrected chi connectivity index (χ2v) is 4.01. The van der Waals surface area contributed by atoms with Crippen LogP contribution in [0.4, 0.5) is 4.39 Å². The summed E-state index contributed by atoms with van der Waals surface area (Å²) in [5.74, 6) is -0.265. The Morgan fingerprint density at radius 2 is 2.33 bits per heavy atom. The molecular weight excluding hydrogens is 235 g/mol. The standard InChI is InChI=1S/C13H15FN2O2/c1-10(17)11-2-3-13(12(14)8-11)18-7-6-16-5-4-15-9-16/h2-5,8-10,17H,6-7H2,1H3/t10-/m0/s1. The van der Waals surface area contributed by atoms with E-state index in [4.69, 9.17) is 4.74 Å². The van der Waals surface area contributed by atoms with Crippen molar-refractivity contribution in [2.24, 2.45) is 0 Å². The number of nitrogens with zero attached hydrogens (tertiary/aromatic N) is 2. The number of hydrogen-bond acceptors (Lipinski definition) is 3. The lowest BCUT2D eigenvalue weighted by Crippen LogP contribution is -2.07. The molecule has 0 aliphatic heterocycles. The summed E-state index contributed by atoms with van der Waals surface area (Å²) in [5.41, 5.74) is 0.537. The van der Waals surface area contributed by atoms with Crippen LogP contribution in [0.1, 0.15) is 18.6 Å². The molecule has 1 heterocycles. The molecule has 1 atom stereocenters. The normalized spacial score (nSPS) is 12.4. The fourth-order valence-corrected chi connectivity index (χ4v) is 1.57. The number of halogens is 1. The van der Waals surface area contributed by atoms with Gasteiger partial charge in [0.2, 0.25) is 0 Å². The van der Waals surface area contributed by atoms with Crippen molar-refractivity contribution in [3.63, 3.8) is 0 Å². The highest BCUT2D eigenvalue weighted by atomic mass is 19.1. The van der Waals surface area contributed by atoms with Gasteiger partial charge in [-0.2, -0.15) is 0 Å². The van der Waals surface area contributed by atoms with E-state index in [-0.39, 0.29) is 5.75 Å². The Labute approximate surface area is 105 Å². The minimum Gasteiger partial charge on any atom is -0.489 e. The molecule has 0 saturated carbocycles. The number of rotatable bonds is 5. The van der Waals surface area contributed by atoms with Crippen LogP contribution in [0.25, 0.3) is 0 Å². The number of aliphatic hydroxyl groups is 1. The fourth-order valence-electron chi connectivity index (χ4n) is 1.57. The smallest absolute Gasteiger partial charge is 0.165 e. The quantitative estimate of drug-likeness (QED) is 0.884. The second-order valence-electron chi connectivity index (χ2n) is 4.01. The maximum Gasteiger partial charge on any atom is 0.165 e. The summed E-state index contributed by atoms with van der Waals surface area (Å²) in [6.07, 6.45) is 4.49. The van der Waals surface area contributed by atoms with Crippen molar-refractivity contribution < 1.29 is 14.2 Å². The van der Waals surface area contributed by atoms with E-state index in [1.54, 1.807) is 25.5 Å². The highest BCUT2D eigenvalue weighted by Crippen LogP contribution is 2.21. The van der Waals surface area contributed by atoms with Crippen LogP contribution >= 0.6 is 0 Å². The van der Waals surface area contributed by atoms with Crippen molar-refractivity contribution in [3.8, 4) is 5.75 Å². The molecule has 1 N–H and O–H groups in total. The molecule has 4 nitrogen and oxygen atoms in total. The van der Waals surface area contributed by atoms with Crippen LogP contribution in [-0.2, 0) is 6.54 Å². The van der Waals surface area contributed by atoms with Gasteiger partial charge in [0.15, 0.2) is 11.6 Å². The molecule has 0 aliphatic carbocycles. The number of aromatic nitrogens is 2. The molecule has 5 heteroatoms. The summed E-state index contributed by atoms with van der Waals surface area (Å²) in [6, 6.07) is 4.48. The average Bonchev–Trinajstić information content (AvgIpc) is 2.84. The van der Waals surface area contributed by atoms with Crippen molar-refractivity contribution >= 4 is 0 Å². The predicted molar refractivity (Wildman–Crippen MR) is 64.8 cm³/mol. The molecule has 0 unspecified atom stereocenters. The van der Waals surface area contributed by atoms with Gasteiger partial charge in [-0.05, 0) is 24.6 Å². The van der Waals surface area contributed by atoms with Crippen molar-refractivity contribution in [1.29, 1.82) is 0 Å². The molecule has 2 aromatic rings. The Bertz CT molecular complexity index is 498. The van der Waals surface area contributed by atoms with Gasteiger partial charge in [-0.3, -0.25) is 0 Å². The van der Waals surface area contributed by atoms with Gasteiger partial charge in [-0.15, -0.1) is 0 Å². The van der Waals surface area contributed by atoms with Crippen molar-refractivity contribution in [3.05, 3.63) is 48.3 Å². The molecule has 1 aromatic heterocycles. The molecule has 0 bridgehead atoms. The first-order chi connectivity index (χ1) is 8.66. The first-order valence-corrected chi connectivity index (χ1v) is 5.73. The van der Waals surface area contributed by atoms with E-state index in [0.29, 0.717) is 18.7 Å². The van der Waals surface area contributed by atoms with Crippen LogP contribution in [0.15, 0.2) is 36.9 Å². The van der Waals surface area contributed by atoms with Gasteiger partial charge in [-0.25, -0.2) is 9.37 Å². The first kappa shape index (κ1) is 12.6. The van der Waals surface area contributed by atoms with Crippen LogP contribution in [0, 0.1) is 5.82 Å². The minimum absolute atomic E-state index is 0.194. The monoisotopic (exact) mass is 250 g/mol. The van der Waals surface area contributed by atoms with E-state index in [1.165, 1.54) is 12.1 Å². The molecular formula is C13H15FN2O2. The van der Waals surface area contributed by atoms with E-state index < -0.39 is 11.9 Å². The van der Waals surface area contributed by atoms with Crippen LogP contribution in [0.5, 0.6) is 5.75 Å². The van der Waals surface area contributed by atoms with Gasteiger partial charge in [0.05, 0.1) is 19.0 Å². The molecule has 0 radical (unpaired) electrons. The highest BCUT2D eigenvalue weighted by molar-refractivity contribution is 5.30. The van der Waals surface area contributed by atoms with E-state index >= 15 is 0 Å². The Kier molecular flexibility index (Phi) is 3.94. The third-order valence-corrected chi connectivity index (χ3v) is 2.60. The summed E-state index contributed by atoms with van der Waals surface area (Å²) in [7, 11) is 0. The topological polar surface area (TPSA) is 47.3 Å². The molecule has 2 rings (SSSR count). The Morgan fingerprint density at radius 3 is 2.94 bits per heavy atom. The lowest BCUT2D eigenvalue weighted by Gasteiger charge is -2.10. The van der Waals surface area contributed by atoms with Crippen LogP contribution in [0.3, 0.4) is 0 Å². The maximum atomic E-state index is 13.6. The summed E-state index contributed by atoms with van der Waals surface area (Å²) >= 11 is 0. The molecule has 96 valence electrons. The number of ether oxygens (including phenoxy) is 1. The second kappa shape index (κ2) is 5.64. The fraction of sp³-hybridized carbons (Fsp3) is 0.308. The van der Waals surface area contributed by atoms with Gasteiger partial charge >= 0.3 is 0 Å². The summed E-state index contributed by atoms with van der Waals surface area (Å²) < 4.78 is 20.8. The molecule has 0 fully saturated rings. The zero-order chi connectivity index (χ0) is 13.0. The molecule has 0 amide bonds. The minimum atomic E-state index is -0.681. The lowest BCUT2D eigenvalue weighted by atomic mass is 10.1. The highest BCUT2D eigenvalue weighted by Gasteiger charge is 2.07. The van der Waals surface area contributed by atoms with E-state index in [9.17, 15) is 9.50 Å². The van der Waals surface area contributed by atoms with Gasteiger partial charge in [0.1, 0.15) is 6.61 Å². The third-order valence-electron chi connectivity index (χ3n) is 2.60. The number of hydrogen-bond donors (Lipinski definition) is 1. The van der Waals surface area contributed by atoms with Gasteiger partial charge in [0.25, 0.3) is 0 Å². The lowest BCUT2D eigenvalue weighted by molar-refractivity contribution is 0.198. The van der Waals surface area contributed by atoms with Gasteiger partial charge in [-0.1, -0.05) is 6.07 Å². The molecule has 1 aromatic carbocycles. The Morgan fingerprint density at radius 1 is 1.50 bits per heavy atom. The summed E-state index contributed by atoms with van der Waals surface area (Å²) in [6.45, 7) is 2.56. The largest absolute Gasteiger partial charge is 0.489 e. The van der Waals surface area contributed by atoms with Crippen LogP contribution in [0.2, 0.25) is 0 Å². The van der Waals surface area contributed by atoms with E-state index in [2.05, 4.69) is 4.98 Å². The number of aliphatic hydroxyl groups excluding tert-OH is 1. The Balaban J connectivity index is 1.93. The van der Waals surface area contributed by atoms with Crippen molar-refractivity contribution in [2.45, 2.75) is 19.6 Å². The average molecular weight is 250 g/mol. The van der Waals surface area contributed by atoms with Crippen molar-refractivity contribution in [2.75, 3.05) is 6.61 Å². The maximum absolute atomic E-state index is 13.6. The Hall–Kier alpha value is -1.88. The molecule has 0 spiro atoms. The number of benzene rings is 1. The zero-order valence-corrected chi connectivity index (χ0v) is 10.1. The van der Waals surface area contributed by atoms with E-state index in [0.717, 1.165) is 0 Å². The van der Waals surface area contributed by atoms with Crippen LogP contribution in [-0.4, -0.2) is 21.3 Å².